The summed E-state index contributed by atoms with van der Waals surface area (Å²) in [5.41, 5.74) is 1.97. The molecule has 0 aliphatic heterocycles. The molecule has 1 N–H and O–H groups in total. The van der Waals surface area contributed by atoms with Crippen molar-refractivity contribution in [2.75, 3.05) is 11.1 Å². The summed E-state index contributed by atoms with van der Waals surface area (Å²) >= 11 is 1.26. The third kappa shape index (κ3) is 5.50. The van der Waals surface area contributed by atoms with E-state index in [4.69, 9.17) is 4.74 Å². The molecule has 0 bridgehead atoms. The molecule has 0 aliphatic rings. The zero-order valence-electron chi connectivity index (χ0n) is 17.2. The highest BCUT2D eigenvalue weighted by molar-refractivity contribution is 7.99. The van der Waals surface area contributed by atoms with Crippen LogP contribution in [0.5, 0.6) is 5.75 Å². The summed E-state index contributed by atoms with van der Waals surface area (Å²) in [7, 11) is 0. The van der Waals surface area contributed by atoms with Gasteiger partial charge in [-0.05, 0) is 55.5 Å². The van der Waals surface area contributed by atoms with Crippen molar-refractivity contribution in [2.45, 2.75) is 18.7 Å². The van der Waals surface area contributed by atoms with Gasteiger partial charge in [0.25, 0.3) is 0 Å². The van der Waals surface area contributed by atoms with E-state index in [9.17, 15) is 9.18 Å². The normalized spacial score (nSPS) is 10.7. The quantitative estimate of drug-likeness (QED) is 0.401. The number of halogens is 1. The zero-order valence-corrected chi connectivity index (χ0v) is 18.1. The predicted octanol–water partition coefficient (Wildman–Crippen LogP) is 4.42. The van der Waals surface area contributed by atoms with Crippen LogP contribution in [0.25, 0.3) is 5.69 Å². The lowest BCUT2D eigenvalue weighted by molar-refractivity contribution is -0.113. The first-order valence-corrected chi connectivity index (χ1v) is 10.8. The molecule has 0 saturated heterocycles. The molecule has 0 saturated carbocycles. The van der Waals surface area contributed by atoms with Crippen LogP contribution in [-0.2, 0) is 11.4 Å². The van der Waals surface area contributed by atoms with Crippen LogP contribution in [0.1, 0.15) is 11.4 Å². The Morgan fingerprint density at radius 3 is 2.56 bits per heavy atom. The molecule has 0 aliphatic carbocycles. The number of anilines is 1. The minimum Gasteiger partial charge on any atom is -0.486 e. The lowest BCUT2D eigenvalue weighted by Crippen LogP contribution is -2.15. The lowest BCUT2D eigenvalue weighted by Gasteiger charge is -2.11. The Hall–Kier alpha value is -3.72. The molecule has 2 aromatic carbocycles. The number of nitrogens with zero attached hydrogens (tertiary/aromatic N) is 4. The molecule has 9 heteroatoms. The summed E-state index contributed by atoms with van der Waals surface area (Å²) in [6.45, 7) is 2.14. The van der Waals surface area contributed by atoms with Crippen LogP contribution in [0.15, 0.2) is 78.1 Å². The first kappa shape index (κ1) is 21.5. The molecule has 4 rings (SSSR count). The summed E-state index contributed by atoms with van der Waals surface area (Å²) in [4.78, 5) is 16.4. The molecule has 0 spiro atoms. The number of hydrogen-bond acceptors (Lipinski definition) is 6. The maximum Gasteiger partial charge on any atom is 0.236 e. The van der Waals surface area contributed by atoms with Gasteiger partial charge in [-0.3, -0.25) is 9.36 Å². The predicted molar refractivity (Wildman–Crippen MR) is 120 cm³/mol. The monoisotopic (exact) mass is 449 g/mol. The summed E-state index contributed by atoms with van der Waals surface area (Å²) in [5, 5.41) is 11.8. The molecule has 0 atom stereocenters. The second kappa shape index (κ2) is 10.1. The van der Waals surface area contributed by atoms with Crippen molar-refractivity contribution in [1.29, 1.82) is 0 Å². The Morgan fingerprint density at radius 2 is 1.84 bits per heavy atom. The van der Waals surface area contributed by atoms with Crippen LogP contribution in [0.3, 0.4) is 0 Å². The van der Waals surface area contributed by atoms with E-state index in [1.807, 2.05) is 35.8 Å². The van der Waals surface area contributed by atoms with Crippen molar-refractivity contribution in [3.8, 4) is 11.4 Å². The second-order valence-corrected chi connectivity index (χ2v) is 7.81. The fourth-order valence-electron chi connectivity index (χ4n) is 2.86. The molecule has 4 aromatic rings. The van der Waals surface area contributed by atoms with Gasteiger partial charge in [0.2, 0.25) is 5.91 Å². The summed E-state index contributed by atoms with van der Waals surface area (Å²) in [6.07, 6.45) is 1.62. The van der Waals surface area contributed by atoms with Gasteiger partial charge in [-0.2, -0.15) is 0 Å². The number of benzene rings is 2. The number of aryl methyl sites for hydroxylation is 1. The molecule has 0 unspecified atom stereocenters. The van der Waals surface area contributed by atoms with Gasteiger partial charge >= 0.3 is 0 Å². The van der Waals surface area contributed by atoms with Crippen molar-refractivity contribution in [2.24, 2.45) is 0 Å². The SMILES string of the molecule is Cc1ccc(-n2c(COc3ccc(F)cc3)nnc2SCC(=O)Nc2ccccn2)cc1. The van der Waals surface area contributed by atoms with Crippen LogP contribution < -0.4 is 10.1 Å². The average Bonchev–Trinajstić information content (AvgIpc) is 3.21. The Labute approximate surface area is 188 Å². The van der Waals surface area contributed by atoms with Crippen molar-refractivity contribution < 1.29 is 13.9 Å². The summed E-state index contributed by atoms with van der Waals surface area (Å²) in [5.74, 6) is 1.18. The van der Waals surface area contributed by atoms with Crippen molar-refractivity contribution >= 4 is 23.5 Å². The lowest BCUT2D eigenvalue weighted by atomic mass is 10.2. The third-order valence-electron chi connectivity index (χ3n) is 4.44. The maximum atomic E-state index is 13.1. The second-order valence-electron chi connectivity index (χ2n) is 6.86. The Kier molecular flexibility index (Phi) is 6.76. The highest BCUT2D eigenvalue weighted by Gasteiger charge is 2.17. The zero-order chi connectivity index (χ0) is 22.3. The fourth-order valence-corrected chi connectivity index (χ4v) is 3.64. The van der Waals surface area contributed by atoms with Crippen molar-refractivity contribution in [3.63, 3.8) is 0 Å². The van der Waals surface area contributed by atoms with Gasteiger partial charge in [0.05, 0.1) is 5.75 Å². The van der Waals surface area contributed by atoms with E-state index >= 15 is 0 Å². The van der Waals surface area contributed by atoms with Gasteiger partial charge in [-0.1, -0.05) is 35.5 Å². The molecule has 2 aromatic heterocycles. The number of pyridine rings is 1. The standard InChI is InChI=1S/C23H20FN5O2S/c1-16-5-9-18(10-6-16)29-21(14-31-19-11-7-17(24)8-12-19)27-28-23(29)32-15-22(30)26-20-4-2-3-13-25-20/h2-13H,14-15H2,1H3,(H,25,26,30). The van der Waals surface area contributed by atoms with Gasteiger partial charge in [0.15, 0.2) is 11.0 Å². The molecule has 32 heavy (non-hydrogen) atoms. The Morgan fingerprint density at radius 1 is 1.06 bits per heavy atom. The largest absolute Gasteiger partial charge is 0.486 e. The molecule has 162 valence electrons. The molecule has 1 amide bonds. The van der Waals surface area contributed by atoms with Crippen LogP contribution in [0.4, 0.5) is 10.2 Å². The van der Waals surface area contributed by atoms with Gasteiger partial charge in [0.1, 0.15) is 24.0 Å². The van der Waals surface area contributed by atoms with E-state index in [1.165, 1.54) is 23.9 Å². The Bertz CT molecular complexity index is 1180. The Balaban J connectivity index is 1.51. The van der Waals surface area contributed by atoms with E-state index in [2.05, 4.69) is 20.5 Å². The van der Waals surface area contributed by atoms with E-state index < -0.39 is 0 Å². The van der Waals surface area contributed by atoms with E-state index in [0.717, 1.165) is 11.3 Å². The smallest absolute Gasteiger partial charge is 0.236 e. The highest BCUT2D eigenvalue weighted by atomic mass is 32.2. The number of hydrogen-bond donors (Lipinski definition) is 1. The number of aromatic nitrogens is 4. The third-order valence-corrected chi connectivity index (χ3v) is 5.37. The minimum atomic E-state index is -0.331. The minimum absolute atomic E-state index is 0.132. The molecule has 2 heterocycles. The van der Waals surface area contributed by atoms with E-state index in [1.54, 1.807) is 36.5 Å². The number of carbonyl (C=O) groups excluding carboxylic acids is 1. The van der Waals surface area contributed by atoms with Crippen LogP contribution >= 0.6 is 11.8 Å². The number of nitrogens with one attached hydrogen (secondary N) is 1. The van der Waals surface area contributed by atoms with E-state index in [0.29, 0.717) is 22.5 Å². The van der Waals surface area contributed by atoms with Gasteiger partial charge in [-0.15, -0.1) is 10.2 Å². The molecule has 0 fully saturated rings. The first-order chi connectivity index (χ1) is 15.6. The van der Waals surface area contributed by atoms with Crippen LogP contribution in [0.2, 0.25) is 0 Å². The number of thioether (sulfide) groups is 1. The molecule has 7 nitrogen and oxygen atoms in total. The van der Waals surface area contributed by atoms with Crippen LogP contribution in [0, 0.1) is 12.7 Å². The van der Waals surface area contributed by atoms with E-state index in [-0.39, 0.29) is 24.1 Å². The molecule has 0 radical (unpaired) electrons. The number of amides is 1. The number of carbonyl (C=O) groups is 1. The van der Waals surface area contributed by atoms with Gasteiger partial charge in [-0.25, -0.2) is 9.37 Å². The summed E-state index contributed by atoms with van der Waals surface area (Å²) < 4.78 is 20.8. The van der Waals surface area contributed by atoms with Crippen molar-refractivity contribution in [3.05, 3.63) is 90.1 Å². The molecular weight excluding hydrogens is 429 g/mol. The molecular formula is C23H20FN5O2S. The number of rotatable bonds is 8. The summed E-state index contributed by atoms with van der Waals surface area (Å²) in [6, 6.07) is 19.0. The fraction of sp³-hybridized carbons (Fsp3) is 0.130. The number of ether oxygens (including phenoxy) is 1. The highest BCUT2D eigenvalue weighted by Crippen LogP contribution is 2.24. The van der Waals surface area contributed by atoms with Crippen LogP contribution in [-0.4, -0.2) is 31.4 Å². The van der Waals surface area contributed by atoms with Crippen molar-refractivity contribution in [1.82, 2.24) is 19.7 Å². The van der Waals surface area contributed by atoms with Gasteiger partial charge < -0.3 is 10.1 Å². The topological polar surface area (TPSA) is 81.9 Å². The maximum absolute atomic E-state index is 13.1. The average molecular weight is 450 g/mol. The van der Waals surface area contributed by atoms with Gasteiger partial charge in [0, 0.05) is 11.9 Å². The first-order valence-electron chi connectivity index (χ1n) is 9.82.